The van der Waals surface area contributed by atoms with Crippen LogP contribution < -0.4 is 4.72 Å². The molecular weight excluding hydrogens is 376 g/mol. The van der Waals surface area contributed by atoms with Gasteiger partial charge in [-0.15, -0.1) is 10.2 Å². The Morgan fingerprint density at radius 2 is 1.68 bits per heavy atom. The first kappa shape index (κ1) is 18.7. The van der Waals surface area contributed by atoms with Crippen LogP contribution in [0.5, 0.6) is 0 Å². The van der Waals surface area contributed by atoms with Crippen molar-refractivity contribution in [2.24, 2.45) is 7.05 Å². The minimum Gasteiger partial charge on any atom is -0.274 e. The zero-order valence-corrected chi connectivity index (χ0v) is 16.9. The van der Waals surface area contributed by atoms with Gasteiger partial charge in [0.05, 0.1) is 10.6 Å². The Morgan fingerprint density at radius 3 is 2.32 bits per heavy atom. The first-order chi connectivity index (χ1) is 13.5. The molecule has 8 nitrogen and oxygen atoms in total. The molecule has 0 bridgehead atoms. The Balaban J connectivity index is 1.61. The van der Waals surface area contributed by atoms with Gasteiger partial charge in [0.2, 0.25) is 0 Å². The molecule has 1 aliphatic carbocycles. The topological polar surface area (TPSA) is 94.7 Å². The fourth-order valence-electron chi connectivity index (χ4n) is 3.75. The van der Waals surface area contributed by atoms with Crippen molar-refractivity contribution >= 4 is 15.7 Å². The summed E-state index contributed by atoms with van der Waals surface area (Å²) in [6, 6.07) is 7.27. The molecule has 0 amide bonds. The van der Waals surface area contributed by atoms with E-state index in [4.69, 9.17) is 0 Å². The average molecular weight is 401 g/mol. The number of rotatable bonds is 5. The normalized spacial score (nSPS) is 15.6. The van der Waals surface area contributed by atoms with E-state index in [1.807, 2.05) is 19.1 Å². The highest BCUT2D eigenvalue weighted by atomic mass is 32.2. The number of aryl methyl sites for hydroxylation is 1. The lowest BCUT2D eigenvalue weighted by molar-refractivity contribution is 0.443. The van der Waals surface area contributed by atoms with Gasteiger partial charge >= 0.3 is 0 Å². The largest absolute Gasteiger partial charge is 0.274 e. The molecule has 3 aromatic rings. The summed E-state index contributed by atoms with van der Waals surface area (Å²) in [5.41, 5.74) is 2.34. The quantitative estimate of drug-likeness (QED) is 0.710. The molecule has 1 fully saturated rings. The molecule has 0 radical (unpaired) electrons. The summed E-state index contributed by atoms with van der Waals surface area (Å²) < 4.78 is 31.9. The Kier molecular flexibility index (Phi) is 4.92. The summed E-state index contributed by atoms with van der Waals surface area (Å²) in [4.78, 5) is 0.241. The fourth-order valence-corrected chi connectivity index (χ4v) is 4.87. The molecular formula is C19H24N6O2S. The van der Waals surface area contributed by atoms with Crippen LogP contribution in [0.1, 0.15) is 49.3 Å². The van der Waals surface area contributed by atoms with E-state index in [2.05, 4.69) is 20.0 Å². The lowest BCUT2D eigenvalue weighted by atomic mass is 9.84. The smallest absolute Gasteiger partial charge is 0.262 e. The van der Waals surface area contributed by atoms with Crippen LogP contribution in [0.4, 0.5) is 5.69 Å². The second-order valence-electron chi connectivity index (χ2n) is 7.29. The number of nitrogens with zero attached hydrogens (tertiary/aromatic N) is 5. The standard InChI is InChI=1S/C19H24N6O2S/c1-14-18(19(22-24(14)2)25-12-20-21-13-25)23-28(26,27)17-10-8-16(9-11-17)15-6-4-3-5-7-15/h8-13,15,23H,3-7H2,1-2H3. The van der Waals surface area contributed by atoms with E-state index < -0.39 is 10.0 Å². The van der Waals surface area contributed by atoms with Crippen LogP contribution in [0.2, 0.25) is 0 Å². The number of hydrogen-bond acceptors (Lipinski definition) is 5. The van der Waals surface area contributed by atoms with Crippen LogP contribution in [0, 0.1) is 6.92 Å². The first-order valence-electron chi connectivity index (χ1n) is 9.47. The van der Waals surface area contributed by atoms with Gasteiger partial charge in [-0.05, 0) is 43.4 Å². The van der Waals surface area contributed by atoms with Crippen molar-refractivity contribution in [1.29, 1.82) is 0 Å². The third kappa shape index (κ3) is 3.54. The number of hydrogen-bond donors (Lipinski definition) is 1. The maximum Gasteiger partial charge on any atom is 0.262 e. The summed E-state index contributed by atoms with van der Waals surface area (Å²) in [5.74, 6) is 0.978. The molecule has 0 aliphatic heterocycles. The Morgan fingerprint density at radius 1 is 1.04 bits per heavy atom. The fraction of sp³-hybridized carbons (Fsp3) is 0.421. The molecule has 0 spiro atoms. The summed E-state index contributed by atoms with van der Waals surface area (Å²) in [6.07, 6.45) is 9.13. The summed E-state index contributed by atoms with van der Waals surface area (Å²) in [5, 5.41) is 11.9. The zero-order chi connectivity index (χ0) is 19.7. The molecule has 4 rings (SSSR count). The van der Waals surface area contributed by atoms with E-state index in [-0.39, 0.29) is 4.90 Å². The summed E-state index contributed by atoms with van der Waals surface area (Å²) in [7, 11) is -1.98. The van der Waals surface area contributed by atoms with Crippen LogP contribution in [-0.2, 0) is 17.1 Å². The van der Waals surface area contributed by atoms with E-state index in [0.717, 1.165) is 0 Å². The van der Waals surface area contributed by atoms with Crippen LogP contribution in [-0.4, -0.2) is 33.0 Å². The van der Waals surface area contributed by atoms with Crippen LogP contribution in [0.15, 0.2) is 41.8 Å². The maximum atomic E-state index is 13.0. The van der Waals surface area contributed by atoms with Gasteiger partial charge in [0, 0.05) is 7.05 Å². The molecule has 1 N–H and O–H groups in total. The first-order valence-corrected chi connectivity index (χ1v) is 11.0. The second-order valence-corrected chi connectivity index (χ2v) is 8.97. The predicted octanol–water partition coefficient (Wildman–Crippen LogP) is 3.16. The molecule has 0 atom stereocenters. The van der Waals surface area contributed by atoms with E-state index in [0.29, 0.717) is 23.1 Å². The van der Waals surface area contributed by atoms with E-state index in [1.165, 1.54) is 50.3 Å². The minimum atomic E-state index is -3.74. The maximum absolute atomic E-state index is 13.0. The molecule has 148 valence electrons. The van der Waals surface area contributed by atoms with Crippen molar-refractivity contribution in [3.63, 3.8) is 0 Å². The molecule has 1 saturated carbocycles. The molecule has 2 aromatic heterocycles. The van der Waals surface area contributed by atoms with Crippen molar-refractivity contribution in [3.05, 3.63) is 48.2 Å². The predicted molar refractivity (Wildman–Crippen MR) is 106 cm³/mol. The monoisotopic (exact) mass is 400 g/mol. The molecule has 0 saturated heterocycles. The van der Waals surface area contributed by atoms with Gasteiger partial charge in [0.1, 0.15) is 18.3 Å². The number of aromatic nitrogens is 5. The highest BCUT2D eigenvalue weighted by Crippen LogP contribution is 2.33. The summed E-state index contributed by atoms with van der Waals surface area (Å²) >= 11 is 0. The molecule has 1 aromatic carbocycles. The SMILES string of the molecule is Cc1c(NS(=O)(=O)c2ccc(C3CCCCC3)cc2)c(-n2cnnc2)nn1C. The zero-order valence-electron chi connectivity index (χ0n) is 16.0. The lowest BCUT2D eigenvalue weighted by Gasteiger charge is -2.22. The Hall–Kier alpha value is -2.68. The van der Waals surface area contributed by atoms with Crippen molar-refractivity contribution in [3.8, 4) is 5.82 Å². The number of nitrogens with one attached hydrogen (secondary N) is 1. The molecule has 0 unspecified atom stereocenters. The number of sulfonamides is 1. The van der Waals surface area contributed by atoms with Crippen molar-refractivity contribution < 1.29 is 8.42 Å². The lowest BCUT2D eigenvalue weighted by Crippen LogP contribution is -2.15. The molecule has 9 heteroatoms. The van der Waals surface area contributed by atoms with Gasteiger partial charge in [0.25, 0.3) is 10.0 Å². The van der Waals surface area contributed by atoms with Crippen LogP contribution in [0.3, 0.4) is 0 Å². The molecule has 28 heavy (non-hydrogen) atoms. The number of benzene rings is 1. The molecule has 1 aliphatic rings. The van der Waals surface area contributed by atoms with Gasteiger partial charge in [-0.1, -0.05) is 31.4 Å². The average Bonchev–Trinajstić information content (AvgIpc) is 3.33. The highest BCUT2D eigenvalue weighted by molar-refractivity contribution is 7.92. The third-order valence-corrected chi connectivity index (χ3v) is 6.85. The van der Waals surface area contributed by atoms with Crippen LogP contribution >= 0.6 is 0 Å². The van der Waals surface area contributed by atoms with Gasteiger partial charge in [-0.25, -0.2) is 8.42 Å². The van der Waals surface area contributed by atoms with E-state index >= 15 is 0 Å². The van der Waals surface area contributed by atoms with Gasteiger partial charge < -0.3 is 0 Å². The molecule has 2 heterocycles. The van der Waals surface area contributed by atoms with Crippen molar-refractivity contribution in [2.75, 3.05) is 4.72 Å². The van der Waals surface area contributed by atoms with Crippen molar-refractivity contribution in [1.82, 2.24) is 24.5 Å². The van der Waals surface area contributed by atoms with E-state index in [9.17, 15) is 8.42 Å². The van der Waals surface area contributed by atoms with Crippen LogP contribution in [0.25, 0.3) is 5.82 Å². The van der Waals surface area contributed by atoms with Gasteiger partial charge in [-0.2, -0.15) is 5.10 Å². The summed E-state index contributed by atoms with van der Waals surface area (Å²) in [6.45, 7) is 1.81. The Bertz CT molecular complexity index is 1050. The third-order valence-electron chi connectivity index (χ3n) is 5.48. The van der Waals surface area contributed by atoms with E-state index in [1.54, 1.807) is 28.4 Å². The van der Waals surface area contributed by atoms with Gasteiger partial charge in [-0.3, -0.25) is 14.0 Å². The van der Waals surface area contributed by atoms with Gasteiger partial charge in [0.15, 0.2) is 5.82 Å². The number of anilines is 1. The highest BCUT2D eigenvalue weighted by Gasteiger charge is 2.23. The Labute approximate surface area is 164 Å². The van der Waals surface area contributed by atoms with Crippen molar-refractivity contribution in [2.45, 2.75) is 49.8 Å². The minimum absolute atomic E-state index is 0.241. The second kappa shape index (κ2) is 7.38.